The van der Waals surface area contributed by atoms with E-state index >= 15 is 0 Å². The lowest BCUT2D eigenvalue weighted by molar-refractivity contribution is -0.136. The molecule has 1 heterocycles. The zero-order chi connectivity index (χ0) is 16.3. The maximum atomic E-state index is 14.2. The van der Waals surface area contributed by atoms with Gasteiger partial charge in [-0.1, -0.05) is 25.1 Å². The average Bonchev–Trinajstić information content (AvgIpc) is 2.53. The number of carbonyl (C=O) groups excluding carboxylic acids is 1. The number of nitriles is 1. The van der Waals surface area contributed by atoms with Crippen LogP contribution in [0.15, 0.2) is 47.1 Å². The molecule has 0 amide bonds. The van der Waals surface area contributed by atoms with Crippen LogP contribution in [-0.2, 0) is 14.3 Å². The maximum Gasteiger partial charge on any atom is 0.338 e. The molecule has 1 atom stereocenters. The van der Waals surface area contributed by atoms with Gasteiger partial charge in [-0.15, -0.1) is 0 Å². The minimum atomic E-state index is -0.942. The summed E-state index contributed by atoms with van der Waals surface area (Å²) >= 11 is 0. The van der Waals surface area contributed by atoms with Gasteiger partial charge in [0.2, 0.25) is 5.88 Å². The van der Waals surface area contributed by atoms with Crippen LogP contribution < -0.4 is 5.73 Å². The number of ether oxygens (including phenoxy) is 2. The Balaban J connectivity index is 2.73. The number of benzene rings is 1. The smallest absolute Gasteiger partial charge is 0.338 e. The molecule has 2 N–H and O–H groups in total. The Morgan fingerprint density at radius 1 is 1.50 bits per heavy atom. The first-order chi connectivity index (χ1) is 10.5. The topological polar surface area (TPSA) is 85.3 Å². The van der Waals surface area contributed by atoms with E-state index in [9.17, 15) is 14.4 Å². The van der Waals surface area contributed by atoms with E-state index in [1.54, 1.807) is 13.0 Å². The Kier molecular flexibility index (Phi) is 4.47. The number of nitrogens with two attached hydrogens (primary N) is 1. The van der Waals surface area contributed by atoms with Crippen LogP contribution in [0, 0.1) is 17.1 Å². The van der Waals surface area contributed by atoms with E-state index in [0.29, 0.717) is 6.42 Å². The summed E-state index contributed by atoms with van der Waals surface area (Å²) < 4.78 is 24.3. The van der Waals surface area contributed by atoms with Crippen LogP contribution in [0.3, 0.4) is 0 Å². The molecule has 1 aromatic carbocycles. The molecule has 6 heteroatoms. The molecule has 0 fully saturated rings. The highest BCUT2D eigenvalue weighted by Gasteiger charge is 2.37. The summed E-state index contributed by atoms with van der Waals surface area (Å²) in [5.74, 6) is -2.00. The fraction of sp³-hybridized carbons (Fsp3) is 0.250. The molecule has 0 radical (unpaired) electrons. The van der Waals surface area contributed by atoms with Gasteiger partial charge in [-0.25, -0.2) is 9.18 Å². The molecule has 5 nitrogen and oxygen atoms in total. The second-order valence-corrected chi connectivity index (χ2v) is 4.63. The van der Waals surface area contributed by atoms with Crippen molar-refractivity contribution >= 4 is 5.97 Å². The summed E-state index contributed by atoms with van der Waals surface area (Å²) in [6, 6.07) is 7.82. The molecule has 114 valence electrons. The number of allylic oxidation sites excluding steroid dienone is 2. The molecule has 1 aromatic rings. The third-order valence-electron chi connectivity index (χ3n) is 3.44. The third-order valence-corrected chi connectivity index (χ3v) is 3.44. The van der Waals surface area contributed by atoms with Crippen molar-refractivity contribution in [1.82, 2.24) is 0 Å². The molecule has 1 aliphatic rings. The van der Waals surface area contributed by atoms with E-state index in [1.807, 2.05) is 6.07 Å². The lowest BCUT2D eigenvalue weighted by atomic mass is 9.82. The minimum absolute atomic E-state index is 0.0114. The summed E-state index contributed by atoms with van der Waals surface area (Å²) in [5.41, 5.74) is 6.03. The van der Waals surface area contributed by atoms with Crippen molar-refractivity contribution in [2.24, 2.45) is 5.73 Å². The van der Waals surface area contributed by atoms with E-state index in [-0.39, 0.29) is 28.4 Å². The molecule has 0 saturated carbocycles. The van der Waals surface area contributed by atoms with Crippen molar-refractivity contribution in [2.45, 2.75) is 19.3 Å². The number of esters is 1. The number of hydrogen-bond donors (Lipinski definition) is 1. The molecule has 0 spiro atoms. The van der Waals surface area contributed by atoms with Crippen molar-refractivity contribution < 1.29 is 18.7 Å². The number of rotatable bonds is 3. The average molecular weight is 302 g/mol. The van der Waals surface area contributed by atoms with Gasteiger partial charge in [-0.2, -0.15) is 5.26 Å². The lowest BCUT2D eigenvalue weighted by Crippen LogP contribution is -2.26. The van der Waals surface area contributed by atoms with Gasteiger partial charge in [-0.3, -0.25) is 0 Å². The highest BCUT2D eigenvalue weighted by atomic mass is 19.1. The second-order valence-electron chi connectivity index (χ2n) is 4.63. The van der Waals surface area contributed by atoms with Gasteiger partial charge in [0, 0.05) is 12.0 Å². The molecular formula is C16H15FN2O3. The van der Waals surface area contributed by atoms with Gasteiger partial charge < -0.3 is 15.2 Å². The predicted molar refractivity (Wildman–Crippen MR) is 76.4 cm³/mol. The van der Waals surface area contributed by atoms with Crippen molar-refractivity contribution in [2.75, 3.05) is 7.11 Å². The predicted octanol–water partition coefficient (Wildman–Crippen LogP) is 2.47. The highest BCUT2D eigenvalue weighted by Crippen LogP contribution is 2.41. The lowest BCUT2D eigenvalue weighted by Gasteiger charge is -2.27. The molecule has 22 heavy (non-hydrogen) atoms. The molecule has 1 unspecified atom stereocenters. The summed E-state index contributed by atoms with van der Waals surface area (Å²) in [7, 11) is 1.22. The zero-order valence-electron chi connectivity index (χ0n) is 12.2. The SMILES string of the molecule is CCC1=C(C(=O)OC)C(c2ccccc2F)C(C#N)=C(N)O1. The largest absolute Gasteiger partial charge is 0.466 e. The van der Waals surface area contributed by atoms with Crippen LogP contribution in [0.1, 0.15) is 24.8 Å². The van der Waals surface area contributed by atoms with Crippen LogP contribution in [-0.4, -0.2) is 13.1 Å². The fourth-order valence-corrected chi connectivity index (χ4v) is 2.43. The highest BCUT2D eigenvalue weighted by molar-refractivity contribution is 5.92. The Labute approximate surface area is 127 Å². The monoisotopic (exact) mass is 302 g/mol. The van der Waals surface area contributed by atoms with E-state index < -0.39 is 17.7 Å². The molecular weight excluding hydrogens is 287 g/mol. The molecule has 0 saturated heterocycles. The van der Waals surface area contributed by atoms with Gasteiger partial charge in [0.05, 0.1) is 18.6 Å². The van der Waals surface area contributed by atoms with Crippen molar-refractivity contribution in [3.05, 3.63) is 58.4 Å². The Hall–Kier alpha value is -2.81. The Bertz CT molecular complexity index is 716. The quantitative estimate of drug-likeness (QED) is 0.867. The van der Waals surface area contributed by atoms with Crippen LogP contribution in [0.2, 0.25) is 0 Å². The van der Waals surface area contributed by atoms with Gasteiger partial charge in [-0.05, 0) is 6.07 Å². The van der Waals surface area contributed by atoms with E-state index in [0.717, 1.165) is 0 Å². The number of hydrogen-bond acceptors (Lipinski definition) is 5. The molecule has 0 aliphatic carbocycles. The number of carbonyl (C=O) groups is 1. The summed E-state index contributed by atoms with van der Waals surface area (Å²) in [6.45, 7) is 1.77. The fourth-order valence-electron chi connectivity index (χ4n) is 2.43. The van der Waals surface area contributed by atoms with Gasteiger partial charge in [0.1, 0.15) is 23.2 Å². The summed E-state index contributed by atoms with van der Waals surface area (Å²) in [4.78, 5) is 12.1. The minimum Gasteiger partial charge on any atom is -0.466 e. The Morgan fingerprint density at radius 3 is 2.73 bits per heavy atom. The standard InChI is InChI=1S/C16H15FN2O3/c1-3-12-14(16(20)21-2)13(10(8-18)15(19)22-12)9-6-4-5-7-11(9)17/h4-7,13H,3,19H2,1-2H3. The third kappa shape index (κ3) is 2.53. The van der Waals surface area contributed by atoms with Crippen LogP contribution in [0.25, 0.3) is 0 Å². The number of nitrogens with zero attached hydrogens (tertiary/aromatic N) is 1. The van der Waals surface area contributed by atoms with Crippen molar-refractivity contribution in [3.63, 3.8) is 0 Å². The van der Waals surface area contributed by atoms with Crippen molar-refractivity contribution in [1.29, 1.82) is 5.26 Å². The molecule has 1 aliphatic heterocycles. The summed E-state index contributed by atoms with van der Waals surface area (Å²) in [5, 5.41) is 9.35. The molecule has 0 bridgehead atoms. The second kappa shape index (κ2) is 6.31. The van der Waals surface area contributed by atoms with Gasteiger partial charge >= 0.3 is 5.97 Å². The normalized spacial score (nSPS) is 17.8. The number of methoxy groups -OCH3 is 1. The zero-order valence-corrected chi connectivity index (χ0v) is 12.2. The van der Waals surface area contributed by atoms with Crippen molar-refractivity contribution in [3.8, 4) is 6.07 Å². The first kappa shape index (κ1) is 15.6. The van der Waals surface area contributed by atoms with Gasteiger partial charge in [0.25, 0.3) is 0 Å². The first-order valence-corrected chi connectivity index (χ1v) is 6.68. The summed E-state index contributed by atoms with van der Waals surface area (Å²) in [6.07, 6.45) is 0.356. The van der Waals surface area contributed by atoms with Crippen LogP contribution in [0.5, 0.6) is 0 Å². The van der Waals surface area contributed by atoms with E-state index in [1.165, 1.54) is 25.3 Å². The molecule has 2 rings (SSSR count). The van der Waals surface area contributed by atoms with Crippen LogP contribution >= 0.6 is 0 Å². The van der Waals surface area contributed by atoms with Crippen LogP contribution in [0.4, 0.5) is 4.39 Å². The van der Waals surface area contributed by atoms with Gasteiger partial charge in [0.15, 0.2) is 0 Å². The van der Waals surface area contributed by atoms with E-state index in [2.05, 4.69) is 0 Å². The van der Waals surface area contributed by atoms with E-state index in [4.69, 9.17) is 15.2 Å². The maximum absolute atomic E-state index is 14.2. The Morgan fingerprint density at radius 2 is 2.18 bits per heavy atom. The first-order valence-electron chi connectivity index (χ1n) is 6.68. The number of halogens is 1. The molecule has 0 aromatic heterocycles.